The fourth-order valence-corrected chi connectivity index (χ4v) is 3.49. The largest absolute Gasteiger partial charge is 0.481 e. The number of aliphatic carboxylic acids is 2. The Morgan fingerprint density at radius 2 is 1.52 bits per heavy atom. The number of carboxylic acids is 2. The molecule has 126 valence electrons. The van der Waals surface area contributed by atoms with Gasteiger partial charge in [-0.05, 0) is 50.7 Å². The number of nitrogens with two attached hydrogens (primary N) is 1. The molecule has 1 heterocycles. The Hall–Kier alpha value is -1.95. The molecule has 23 heavy (non-hydrogen) atoms. The van der Waals surface area contributed by atoms with Gasteiger partial charge >= 0.3 is 11.9 Å². The van der Waals surface area contributed by atoms with Crippen molar-refractivity contribution in [2.24, 2.45) is 5.73 Å². The normalized spacial score (nSPS) is 28.6. The predicted octanol–water partition coefficient (Wildman–Crippen LogP) is 2.32. The summed E-state index contributed by atoms with van der Waals surface area (Å²) in [5, 5.41) is 15.8. The molecular formula is C17H24N2O4. The number of carboxylic acid groups (broad SMARTS) is 2. The van der Waals surface area contributed by atoms with E-state index in [9.17, 15) is 9.59 Å². The molecule has 0 aliphatic heterocycles. The SMILES string of the molecule is NC12CCC(c3ccccn3)(CC1)CC2.O=C(O)CCC(=O)O. The summed E-state index contributed by atoms with van der Waals surface area (Å²) in [4.78, 5) is 23.8. The first-order valence-corrected chi connectivity index (χ1v) is 7.99. The van der Waals surface area contributed by atoms with Gasteiger partial charge in [0.1, 0.15) is 0 Å². The molecule has 3 fully saturated rings. The minimum Gasteiger partial charge on any atom is -0.481 e. The lowest BCUT2D eigenvalue weighted by atomic mass is 9.56. The maximum Gasteiger partial charge on any atom is 0.303 e. The van der Waals surface area contributed by atoms with Gasteiger partial charge in [-0.2, -0.15) is 0 Å². The van der Waals surface area contributed by atoms with Crippen molar-refractivity contribution in [3.63, 3.8) is 0 Å². The zero-order valence-corrected chi connectivity index (χ0v) is 13.2. The van der Waals surface area contributed by atoms with Crippen molar-refractivity contribution in [1.29, 1.82) is 0 Å². The highest BCUT2D eigenvalue weighted by Crippen LogP contribution is 2.51. The Bertz CT molecular complexity index is 520. The number of fused-ring (bicyclic) bond motifs is 3. The van der Waals surface area contributed by atoms with Crippen molar-refractivity contribution in [3.05, 3.63) is 30.1 Å². The van der Waals surface area contributed by atoms with Gasteiger partial charge in [0.15, 0.2) is 0 Å². The van der Waals surface area contributed by atoms with Crippen LogP contribution in [0.4, 0.5) is 0 Å². The quantitative estimate of drug-likeness (QED) is 0.784. The third-order valence-corrected chi connectivity index (χ3v) is 5.07. The Kier molecular flexibility index (Phi) is 5.36. The minimum atomic E-state index is -1.08. The number of nitrogens with zero attached hydrogens (tertiary/aromatic N) is 1. The third kappa shape index (κ3) is 4.51. The molecule has 0 radical (unpaired) electrons. The molecule has 0 atom stereocenters. The average Bonchev–Trinajstić information content (AvgIpc) is 2.55. The highest BCUT2D eigenvalue weighted by molar-refractivity contribution is 5.75. The van der Waals surface area contributed by atoms with E-state index < -0.39 is 11.9 Å². The first-order chi connectivity index (χ1) is 10.9. The van der Waals surface area contributed by atoms with Gasteiger partial charge in [-0.25, -0.2) is 0 Å². The standard InChI is InChI=1S/C13H18N2.C4H6O4/c14-13-7-4-12(5-8-13,6-9-13)11-3-1-2-10-15-11;5-3(6)1-2-4(7)8/h1-3,10H,4-9,14H2;1-2H2,(H,5,6)(H,7,8). The molecule has 4 rings (SSSR count). The smallest absolute Gasteiger partial charge is 0.303 e. The molecule has 3 aliphatic carbocycles. The second-order valence-electron chi connectivity index (χ2n) is 6.65. The van der Waals surface area contributed by atoms with Gasteiger partial charge in [0.2, 0.25) is 0 Å². The maximum atomic E-state index is 9.64. The maximum absolute atomic E-state index is 9.64. The zero-order valence-electron chi connectivity index (χ0n) is 13.2. The molecule has 0 spiro atoms. The molecule has 6 nitrogen and oxygen atoms in total. The Labute approximate surface area is 135 Å². The van der Waals surface area contributed by atoms with E-state index >= 15 is 0 Å². The number of rotatable bonds is 4. The number of hydrogen-bond donors (Lipinski definition) is 3. The summed E-state index contributed by atoms with van der Waals surface area (Å²) in [6.45, 7) is 0. The molecule has 2 bridgehead atoms. The second-order valence-corrected chi connectivity index (χ2v) is 6.65. The Balaban J connectivity index is 0.000000207. The van der Waals surface area contributed by atoms with Gasteiger partial charge in [-0.3, -0.25) is 14.6 Å². The van der Waals surface area contributed by atoms with Crippen molar-refractivity contribution in [3.8, 4) is 0 Å². The van der Waals surface area contributed by atoms with E-state index in [1.807, 2.05) is 12.3 Å². The van der Waals surface area contributed by atoms with E-state index in [-0.39, 0.29) is 18.4 Å². The third-order valence-electron chi connectivity index (χ3n) is 5.07. The van der Waals surface area contributed by atoms with Gasteiger partial charge in [0, 0.05) is 22.8 Å². The summed E-state index contributed by atoms with van der Waals surface area (Å²) in [6.07, 6.45) is 8.59. The average molecular weight is 320 g/mol. The van der Waals surface area contributed by atoms with Crippen LogP contribution in [0.1, 0.15) is 57.1 Å². The van der Waals surface area contributed by atoms with Gasteiger partial charge in [-0.1, -0.05) is 6.07 Å². The van der Waals surface area contributed by atoms with E-state index in [0.717, 1.165) is 0 Å². The van der Waals surface area contributed by atoms with Crippen LogP contribution in [0.5, 0.6) is 0 Å². The molecule has 0 amide bonds. The molecule has 1 aromatic rings. The fourth-order valence-electron chi connectivity index (χ4n) is 3.49. The summed E-state index contributed by atoms with van der Waals surface area (Å²) in [5.41, 5.74) is 8.14. The molecule has 0 aromatic carbocycles. The summed E-state index contributed by atoms with van der Waals surface area (Å²) >= 11 is 0. The lowest BCUT2D eigenvalue weighted by Gasteiger charge is -2.51. The highest BCUT2D eigenvalue weighted by atomic mass is 16.4. The number of aromatic nitrogens is 1. The zero-order chi connectivity index (χ0) is 16.9. The lowest BCUT2D eigenvalue weighted by molar-refractivity contribution is -0.143. The predicted molar refractivity (Wildman–Crippen MR) is 85.0 cm³/mol. The molecular weight excluding hydrogens is 296 g/mol. The number of carbonyl (C=O) groups is 2. The Morgan fingerprint density at radius 1 is 1.00 bits per heavy atom. The molecule has 3 aliphatic rings. The highest BCUT2D eigenvalue weighted by Gasteiger charge is 2.47. The molecule has 0 saturated heterocycles. The lowest BCUT2D eigenvalue weighted by Crippen LogP contribution is -2.53. The van der Waals surface area contributed by atoms with Crippen molar-refractivity contribution < 1.29 is 19.8 Å². The second kappa shape index (κ2) is 7.08. The molecule has 4 N–H and O–H groups in total. The molecule has 6 heteroatoms. The van der Waals surface area contributed by atoms with Gasteiger partial charge in [0.25, 0.3) is 0 Å². The summed E-state index contributed by atoms with van der Waals surface area (Å²) in [7, 11) is 0. The summed E-state index contributed by atoms with van der Waals surface area (Å²) < 4.78 is 0. The van der Waals surface area contributed by atoms with Crippen LogP contribution in [0, 0.1) is 0 Å². The summed E-state index contributed by atoms with van der Waals surface area (Å²) in [5.74, 6) is -2.15. The van der Waals surface area contributed by atoms with Crippen LogP contribution in [0.3, 0.4) is 0 Å². The van der Waals surface area contributed by atoms with Crippen LogP contribution in [0.25, 0.3) is 0 Å². The Morgan fingerprint density at radius 3 is 1.91 bits per heavy atom. The monoisotopic (exact) mass is 320 g/mol. The van der Waals surface area contributed by atoms with Crippen LogP contribution < -0.4 is 5.73 Å². The van der Waals surface area contributed by atoms with E-state index in [2.05, 4.69) is 17.1 Å². The molecule has 0 unspecified atom stereocenters. The fraction of sp³-hybridized carbons (Fsp3) is 0.588. The van der Waals surface area contributed by atoms with Crippen molar-refractivity contribution in [2.45, 2.75) is 62.3 Å². The van der Waals surface area contributed by atoms with Crippen LogP contribution >= 0.6 is 0 Å². The van der Waals surface area contributed by atoms with Crippen LogP contribution in [0.2, 0.25) is 0 Å². The van der Waals surface area contributed by atoms with Crippen molar-refractivity contribution in [2.75, 3.05) is 0 Å². The first-order valence-electron chi connectivity index (χ1n) is 7.99. The molecule has 1 aromatic heterocycles. The topological polar surface area (TPSA) is 114 Å². The van der Waals surface area contributed by atoms with E-state index in [1.54, 1.807) is 0 Å². The van der Waals surface area contributed by atoms with Gasteiger partial charge < -0.3 is 15.9 Å². The number of pyridine rings is 1. The van der Waals surface area contributed by atoms with Crippen LogP contribution in [-0.2, 0) is 15.0 Å². The number of hydrogen-bond acceptors (Lipinski definition) is 4. The molecule has 3 saturated carbocycles. The van der Waals surface area contributed by atoms with Crippen molar-refractivity contribution in [1.82, 2.24) is 4.98 Å². The van der Waals surface area contributed by atoms with Gasteiger partial charge in [-0.15, -0.1) is 0 Å². The first kappa shape index (κ1) is 17.4. The van der Waals surface area contributed by atoms with Crippen LogP contribution in [0.15, 0.2) is 24.4 Å². The van der Waals surface area contributed by atoms with Crippen LogP contribution in [-0.4, -0.2) is 32.7 Å². The summed E-state index contributed by atoms with van der Waals surface area (Å²) in [6, 6.07) is 6.30. The van der Waals surface area contributed by atoms with E-state index in [1.165, 1.54) is 44.2 Å². The van der Waals surface area contributed by atoms with E-state index in [4.69, 9.17) is 15.9 Å². The van der Waals surface area contributed by atoms with E-state index in [0.29, 0.717) is 5.41 Å². The van der Waals surface area contributed by atoms with Crippen molar-refractivity contribution >= 4 is 11.9 Å². The minimum absolute atomic E-state index is 0.163. The van der Waals surface area contributed by atoms with Gasteiger partial charge in [0.05, 0.1) is 12.8 Å².